The van der Waals surface area contributed by atoms with Gasteiger partial charge >= 0.3 is 0 Å². The van der Waals surface area contributed by atoms with Crippen molar-refractivity contribution in [3.05, 3.63) is 51.2 Å². The van der Waals surface area contributed by atoms with Crippen LogP contribution in [-0.2, 0) is 19.4 Å². The number of hydrogen-bond donors (Lipinski definition) is 1. The maximum atomic E-state index is 3.54. The second kappa shape index (κ2) is 6.79. The summed E-state index contributed by atoms with van der Waals surface area (Å²) in [6, 6.07) is 9.21. The Morgan fingerprint density at radius 1 is 1.20 bits per heavy atom. The fourth-order valence-corrected chi connectivity index (χ4v) is 4.41. The minimum absolute atomic E-state index is 1.01. The number of aryl methyl sites for hydroxylation is 3. The first-order chi connectivity index (χ1) is 9.83. The Hall–Kier alpha value is -0.770. The van der Waals surface area contributed by atoms with Crippen molar-refractivity contribution in [3.63, 3.8) is 0 Å². The molecule has 1 nitrogen and oxygen atoms in total. The summed E-state index contributed by atoms with van der Waals surface area (Å²) >= 11 is 3.82. The largest absolute Gasteiger partial charge is 0.311 e. The van der Waals surface area contributed by atoms with Gasteiger partial charge in [0, 0.05) is 28.6 Å². The fourth-order valence-electron chi connectivity index (χ4n) is 2.67. The molecule has 2 aromatic rings. The lowest BCUT2D eigenvalue weighted by atomic mass is 10.1. The monoisotopic (exact) mass is 303 g/mol. The molecule has 1 aromatic heterocycles. The first-order valence-corrected chi connectivity index (χ1v) is 9.18. The van der Waals surface area contributed by atoms with Crippen LogP contribution in [0.15, 0.2) is 34.5 Å². The summed E-state index contributed by atoms with van der Waals surface area (Å²) in [6.07, 6.45) is 3.90. The van der Waals surface area contributed by atoms with Crippen molar-refractivity contribution >= 4 is 23.1 Å². The minimum atomic E-state index is 1.01. The van der Waals surface area contributed by atoms with Crippen LogP contribution in [0.25, 0.3) is 0 Å². The van der Waals surface area contributed by atoms with Crippen LogP contribution in [0.3, 0.4) is 0 Å². The van der Waals surface area contributed by atoms with Gasteiger partial charge in [0.2, 0.25) is 0 Å². The van der Waals surface area contributed by atoms with Crippen LogP contribution >= 0.6 is 23.1 Å². The van der Waals surface area contributed by atoms with Gasteiger partial charge < -0.3 is 5.32 Å². The predicted molar refractivity (Wildman–Crippen MR) is 90.0 cm³/mol. The van der Waals surface area contributed by atoms with Gasteiger partial charge in [-0.2, -0.15) is 0 Å². The molecule has 0 fully saturated rings. The number of fused-ring (bicyclic) bond motifs is 1. The normalized spacial score (nSPS) is 13.7. The van der Waals surface area contributed by atoms with Gasteiger partial charge in [0.1, 0.15) is 0 Å². The molecule has 3 heteroatoms. The van der Waals surface area contributed by atoms with Gasteiger partial charge in [0.05, 0.1) is 0 Å². The van der Waals surface area contributed by atoms with E-state index in [0.717, 1.165) is 18.8 Å². The summed E-state index contributed by atoms with van der Waals surface area (Å²) in [4.78, 5) is 2.90. The fraction of sp³-hybridized carbons (Fsp3) is 0.412. The summed E-state index contributed by atoms with van der Waals surface area (Å²) in [6.45, 7) is 4.26. The van der Waals surface area contributed by atoms with Crippen LogP contribution in [0.2, 0.25) is 0 Å². The average molecular weight is 303 g/mol. The van der Waals surface area contributed by atoms with E-state index in [1.807, 2.05) is 23.1 Å². The van der Waals surface area contributed by atoms with Crippen molar-refractivity contribution in [2.24, 2.45) is 0 Å². The van der Waals surface area contributed by atoms with E-state index in [2.05, 4.69) is 41.9 Å². The molecule has 3 rings (SSSR count). The maximum absolute atomic E-state index is 3.54. The molecule has 0 atom stereocenters. The molecule has 1 N–H and O–H groups in total. The SMILES string of the molecule is Cc1ccsc1CNCCSc1ccc2c(c1)CCC2. The van der Waals surface area contributed by atoms with Crippen LogP contribution < -0.4 is 5.32 Å². The molecule has 1 heterocycles. The Morgan fingerprint density at radius 3 is 2.95 bits per heavy atom. The third-order valence-corrected chi connectivity index (χ3v) is 5.89. The molecule has 0 saturated carbocycles. The highest BCUT2D eigenvalue weighted by Crippen LogP contribution is 2.27. The first kappa shape index (κ1) is 14.2. The van der Waals surface area contributed by atoms with E-state index >= 15 is 0 Å². The molecule has 0 spiro atoms. The summed E-state index contributed by atoms with van der Waals surface area (Å²) in [7, 11) is 0. The van der Waals surface area contributed by atoms with Crippen LogP contribution in [0.5, 0.6) is 0 Å². The third kappa shape index (κ3) is 3.46. The quantitative estimate of drug-likeness (QED) is 0.626. The Bertz CT molecular complexity index is 574. The molecule has 0 bridgehead atoms. The van der Waals surface area contributed by atoms with Gasteiger partial charge in [-0.15, -0.1) is 23.1 Å². The first-order valence-electron chi connectivity index (χ1n) is 7.31. The Kier molecular flexibility index (Phi) is 4.81. The molecule has 0 radical (unpaired) electrons. The average Bonchev–Trinajstić information content (AvgIpc) is 3.07. The Morgan fingerprint density at radius 2 is 2.10 bits per heavy atom. The van der Waals surface area contributed by atoms with E-state index in [0.29, 0.717) is 0 Å². The zero-order chi connectivity index (χ0) is 13.8. The lowest BCUT2D eigenvalue weighted by molar-refractivity contribution is 0.738. The highest BCUT2D eigenvalue weighted by molar-refractivity contribution is 7.99. The Balaban J connectivity index is 1.41. The summed E-state index contributed by atoms with van der Waals surface area (Å²) < 4.78 is 0. The molecule has 106 valence electrons. The molecule has 1 aromatic carbocycles. The smallest absolute Gasteiger partial charge is 0.0302 e. The van der Waals surface area contributed by atoms with Gasteiger partial charge in [0.25, 0.3) is 0 Å². The number of thiophene rings is 1. The second-order valence-electron chi connectivity index (χ2n) is 5.34. The van der Waals surface area contributed by atoms with Crippen LogP contribution in [0.4, 0.5) is 0 Å². The van der Waals surface area contributed by atoms with E-state index in [1.165, 1.54) is 34.6 Å². The molecular weight excluding hydrogens is 282 g/mol. The van der Waals surface area contributed by atoms with Crippen molar-refractivity contribution in [3.8, 4) is 0 Å². The number of thioether (sulfide) groups is 1. The second-order valence-corrected chi connectivity index (χ2v) is 7.51. The van der Waals surface area contributed by atoms with Crippen LogP contribution in [0.1, 0.15) is 28.0 Å². The summed E-state index contributed by atoms with van der Waals surface area (Å²) in [5, 5.41) is 5.71. The van der Waals surface area contributed by atoms with E-state index in [-0.39, 0.29) is 0 Å². The van der Waals surface area contributed by atoms with Gasteiger partial charge in [-0.1, -0.05) is 6.07 Å². The molecule has 20 heavy (non-hydrogen) atoms. The molecule has 0 unspecified atom stereocenters. The van der Waals surface area contributed by atoms with E-state index in [9.17, 15) is 0 Å². The number of rotatable bonds is 6. The number of hydrogen-bond acceptors (Lipinski definition) is 3. The van der Waals surface area contributed by atoms with E-state index < -0.39 is 0 Å². The molecule has 0 amide bonds. The highest BCUT2D eigenvalue weighted by Gasteiger charge is 2.10. The highest BCUT2D eigenvalue weighted by atomic mass is 32.2. The molecule has 1 aliphatic rings. The Labute approximate surface area is 129 Å². The molecular formula is C17H21NS2. The van der Waals surface area contributed by atoms with Gasteiger partial charge in [0.15, 0.2) is 0 Å². The molecule has 1 aliphatic carbocycles. The van der Waals surface area contributed by atoms with Gasteiger partial charge in [-0.3, -0.25) is 0 Å². The van der Waals surface area contributed by atoms with Crippen molar-refractivity contribution in [1.82, 2.24) is 5.32 Å². The van der Waals surface area contributed by atoms with Crippen LogP contribution in [0, 0.1) is 6.92 Å². The standard InChI is InChI=1S/C17H21NS2/c1-13-7-9-20-17(13)12-18-8-10-19-16-6-5-14-3-2-4-15(14)11-16/h5-7,9,11,18H,2-4,8,10,12H2,1H3. The number of nitrogens with one attached hydrogen (secondary N) is 1. The molecule has 0 aliphatic heterocycles. The van der Waals surface area contributed by atoms with Crippen molar-refractivity contribution in [2.75, 3.05) is 12.3 Å². The van der Waals surface area contributed by atoms with Gasteiger partial charge in [-0.25, -0.2) is 0 Å². The predicted octanol–water partition coefficient (Wildman–Crippen LogP) is 4.43. The van der Waals surface area contributed by atoms with E-state index in [1.54, 1.807) is 11.1 Å². The lowest BCUT2D eigenvalue weighted by Crippen LogP contribution is -2.16. The lowest BCUT2D eigenvalue weighted by Gasteiger charge is -2.06. The minimum Gasteiger partial charge on any atom is -0.311 e. The number of benzene rings is 1. The third-order valence-electron chi connectivity index (χ3n) is 3.87. The van der Waals surface area contributed by atoms with Crippen molar-refractivity contribution < 1.29 is 0 Å². The van der Waals surface area contributed by atoms with E-state index in [4.69, 9.17) is 0 Å². The van der Waals surface area contributed by atoms with Crippen molar-refractivity contribution in [1.29, 1.82) is 0 Å². The summed E-state index contributed by atoms with van der Waals surface area (Å²) in [5.41, 5.74) is 4.56. The summed E-state index contributed by atoms with van der Waals surface area (Å²) in [5.74, 6) is 1.14. The van der Waals surface area contributed by atoms with Crippen LogP contribution in [-0.4, -0.2) is 12.3 Å². The zero-order valence-electron chi connectivity index (χ0n) is 11.9. The topological polar surface area (TPSA) is 12.0 Å². The van der Waals surface area contributed by atoms with Gasteiger partial charge in [-0.05, 0) is 66.5 Å². The zero-order valence-corrected chi connectivity index (χ0v) is 13.6. The van der Waals surface area contributed by atoms with Crippen molar-refractivity contribution in [2.45, 2.75) is 37.6 Å². The molecule has 0 saturated heterocycles. The maximum Gasteiger partial charge on any atom is 0.0302 e.